The van der Waals surface area contributed by atoms with E-state index in [4.69, 9.17) is 4.42 Å². The summed E-state index contributed by atoms with van der Waals surface area (Å²) in [7, 11) is 1.82. The summed E-state index contributed by atoms with van der Waals surface area (Å²) in [4.78, 5) is 6.85. The van der Waals surface area contributed by atoms with Crippen molar-refractivity contribution in [3.8, 4) is 0 Å². The lowest BCUT2D eigenvalue weighted by atomic mass is 10.1. The standard InChI is InChI=1S/C21H30N4O/c1-22-21(23-13-7-11-18-9-3-2-4-10-18)24-17-19(20-12-8-16-26-20)25-14-5-6-15-25/h2-4,8-10,12,16,19H,5-7,11,13-15,17H2,1H3,(H2,22,23,24). The predicted octanol–water partition coefficient (Wildman–Crippen LogP) is 3.21. The second kappa shape index (κ2) is 10.0. The highest BCUT2D eigenvalue weighted by Crippen LogP contribution is 2.24. The van der Waals surface area contributed by atoms with E-state index < -0.39 is 0 Å². The van der Waals surface area contributed by atoms with E-state index in [1.807, 2.05) is 13.1 Å². The van der Waals surface area contributed by atoms with E-state index >= 15 is 0 Å². The quantitative estimate of drug-likeness (QED) is 0.434. The number of rotatable bonds is 8. The third-order valence-electron chi connectivity index (χ3n) is 4.92. The molecule has 1 saturated heterocycles. The van der Waals surface area contributed by atoms with Crippen LogP contribution in [0.4, 0.5) is 0 Å². The summed E-state index contributed by atoms with van der Waals surface area (Å²) >= 11 is 0. The highest BCUT2D eigenvalue weighted by Gasteiger charge is 2.25. The third kappa shape index (κ3) is 5.36. The van der Waals surface area contributed by atoms with Gasteiger partial charge in [-0.15, -0.1) is 0 Å². The maximum Gasteiger partial charge on any atom is 0.191 e. The average molecular weight is 354 g/mol. The summed E-state index contributed by atoms with van der Waals surface area (Å²) < 4.78 is 5.68. The molecule has 1 atom stereocenters. The van der Waals surface area contributed by atoms with E-state index in [9.17, 15) is 0 Å². The van der Waals surface area contributed by atoms with Gasteiger partial charge in [0.05, 0.1) is 12.3 Å². The Morgan fingerprint density at radius 3 is 2.62 bits per heavy atom. The van der Waals surface area contributed by atoms with Crippen molar-refractivity contribution >= 4 is 5.96 Å². The van der Waals surface area contributed by atoms with Gasteiger partial charge in [0.1, 0.15) is 5.76 Å². The summed E-state index contributed by atoms with van der Waals surface area (Å²) in [6, 6.07) is 14.9. The predicted molar refractivity (Wildman–Crippen MR) is 106 cm³/mol. The minimum atomic E-state index is 0.260. The van der Waals surface area contributed by atoms with Crippen molar-refractivity contribution < 1.29 is 4.42 Å². The maximum atomic E-state index is 5.68. The number of aryl methyl sites for hydroxylation is 1. The first-order valence-electron chi connectivity index (χ1n) is 9.62. The fourth-order valence-corrected chi connectivity index (χ4v) is 3.50. The molecule has 0 spiro atoms. The number of hydrogen-bond acceptors (Lipinski definition) is 3. The van der Waals surface area contributed by atoms with Crippen molar-refractivity contribution in [1.29, 1.82) is 0 Å². The van der Waals surface area contributed by atoms with Gasteiger partial charge in [0.15, 0.2) is 5.96 Å². The van der Waals surface area contributed by atoms with E-state index in [1.54, 1.807) is 6.26 Å². The summed E-state index contributed by atoms with van der Waals surface area (Å²) in [6.45, 7) is 3.97. The van der Waals surface area contributed by atoms with Gasteiger partial charge in [0, 0.05) is 20.1 Å². The van der Waals surface area contributed by atoms with Gasteiger partial charge < -0.3 is 15.1 Å². The minimum absolute atomic E-state index is 0.260. The lowest BCUT2D eigenvalue weighted by Crippen LogP contribution is -2.42. The first kappa shape index (κ1) is 18.5. The van der Waals surface area contributed by atoms with Crippen LogP contribution >= 0.6 is 0 Å². The zero-order valence-electron chi connectivity index (χ0n) is 15.7. The Bertz CT molecular complexity index is 648. The van der Waals surface area contributed by atoms with Gasteiger partial charge in [-0.1, -0.05) is 30.3 Å². The first-order chi connectivity index (χ1) is 12.9. The summed E-state index contributed by atoms with van der Waals surface area (Å²) in [5.74, 6) is 1.88. The van der Waals surface area contributed by atoms with Crippen LogP contribution in [0.5, 0.6) is 0 Å². The molecule has 2 N–H and O–H groups in total. The largest absolute Gasteiger partial charge is 0.468 e. The van der Waals surface area contributed by atoms with Crippen molar-refractivity contribution in [2.24, 2.45) is 4.99 Å². The third-order valence-corrected chi connectivity index (χ3v) is 4.92. The van der Waals surface area contributed by atoms with Gasteiger partial charge in [-0.25, -0.2) is 0 Å². The Morgan fingerprint density at radius 2 is 1.92 bits per heavy atom. The molecule has 0 aliphatic carbocycles. The molecule has 1 aromatic heterocycles. The second-order valence-electron chi connectivity index (χ2n) is 6.74. The van der Waals surface area contributed by atoms with E-state index in [-0.39, 0.29) is 6.04 Å². The van der Waals surface area contributed by atoms with Gasteiger partial charge in [-0.05, 0) is 56.5 Å². The van der Waals surface area contributed by atoms with Crippen LogP contribution in [0, 0.1) is 0 Å². The highest BCUT2D eigenvalue weighted by molar-refractivity contribution is 5.79. The zero-order chi connectivity index (χ0) is 18.0. The van der Waals surface area contributed by atoms with E-state index in [0.717, 1.165) is 50.7 Å². The Kier molecular flexibility index (Phi) is 7.14. The molecule has 1 aliphatic rings. The lowest BCUT2D eigenvalue weighted by molar-refractivity contribution is 0.215. The lowest BCUT2D eigenvalue weighted by Gasteiger charge is -2.26. The first-order valence-corrected chi connectivity index (χ1v) is 9.62. The molecule has 3 rings (SSSR count). The molecule has 140 valence electrons. The Hall–Kier alpha value is -2.27. The van der Waals surface area contributed by atoms with Crippen LogP contribution in [0.3, 0.4) is 0 Å². The number of guanidine groups is 1. The summed E-state index contributed by atoms with van der Waals surface area (Å²) in [5.41, 5.74) is 1.38. The molecule has 0 saturated carbocycles. The second-order valence-corrected chi connectivity index (χ2v) is 6.74. The van der Waals surface area contributed by atoms with Gasteiger partial charge in [-0.3, -0.25) is 9.89 Å². The molecular weight excluding hydrogens is 324 g/mol. The van der Waals surface area contributed by atoms with Crippen molar-refractivity contribution in [3.63, 3.8) is 0 Å². The van der Waals surface area contributed by atoms with Crippen molar-refractivity contribution in [1.82, 2.24) is 15.5 Å². The smallest absolute Gasteiger partial charge is 0.191 e. The molecule has 0 amide bonds. The molecule has 5 heteroatoms. The van der Waals surface area contributed by atoms with E-state index in [1.165, 1.54) is 18.4 Å². The number of benzene rings is 1. The Morgan fingerprint density at radius 1 is 1.12 bits per heavy atom. The molecular formula is C21H30N4O. The van der Waals surface area contributed by atoms with E-state index in [2.05, 4.69) is 56.9 Å². The number of nitrogens with one attached hydrogen (secondary N) is 2. The Balaban J connectivity index is 1.44. The van der Waals surface area contributed by atoms with Crippen LogP contribution < -0.4 is 10.6 Å². The summed E-state index contributed by atoms with van der Waals surface area (Å²) in [6.07, 6.45) is 6.45. The number of likely N-dealkylation sites (tertiary alicyclic amines) is 1. The van der Waals surface area contributed by atoms with E-state index in [0.29, 0.717) is 0 Å². The Labute approximate surface area is 156 Å². The molecule has 1 unspecified atom stereocenters. The molecule has 1 fully saturated rings. The molecule has 0 radical (unpaired) electrons. The number of aliphatic imine (C=N–C) groups is 1. The maximum absolute atomic E-state index is 5.68. The van der Waals surface area contributed by atoms with Gasteiger partial charge in [-0.2, -0.15) is 0 Å². The highest BCUT2D eigenvalue weighted by atomic mass is 16.3. The van der Waals surface area contributed by atoms with Gasteiger partial charge >= 0.3 is 0 Å². The average Bonchev–Trinajstić information content (AvgIpc) is 3.39. The van der Waals surface area contributed by atoms with Crippen LogP contribution in [0.2, 0.25) is 0 Å². The SMILES string of the molecule is CN=C(NCCCc1ccccc1)NCC(c1ccco1)N1CCCC1. The molecule has 1 aromatic carbocycles. The molecule has 26 heavy (non-hydrogen) atoms. The molecule has 2 aromatic rings. The topological polar surface area (TPSA) is 52.8 Å². The number of hydrogen-bond donors (Lipinski definition) is 2. The summed E-state index contributed by atoms with van der Waals surface area (Å²) in [5, 5.41) is 6.89. The minimum Gasteiger partial charge on any atom is -0.468 e. The monoisotopic (exact) mass is 354 g/mol. The normalized spacial score (nSPS) is 16.6. The zero-order valence-corrected chi connectivity index (χ0v) is 15.7. The van der Waals surface area contributed by atoms with Crippen LogP contribution in [-0.4, -0.2) is 44.1 Å². The van der Waals surface area contributed by atoms with Crippen LogP contribution in [-0.2, 0) is 6.42 Å². The van der Waals surface area contributed by atoms with Gasteiger partial charge in [0.25, 0.3) is 0 Å². The molecule has 5 nitrogen and oxygen atoms in total. The fraction of sp³-hybridized carbons (Fsp3) is 0.476. The van der Waals surface area contributed by atoms with Crippen molar-refractivity contribution in [2.45, 2.75) is 31.7 Å². The van der Waals surface area contributed by atoms with Crippen molar-refractivity contribution in [3.05, 3.63) is 60.1 Å². The molecule has 0 bridgehead atoms. The van der Waals surface area contributed by atoms with Crippen molar-refractivity contribution in [2.75, 3.05) is 33.2 Å². The number of furan rings is 1. The molecule has 1 aliphatic heterocycles. The number of nitrogens with zero attached hydrogens (tertiary/aromatic N) is 2. The molecule has 2 heterocycles. The van der Waals surface area contributed by atoms with Crippen LogP contribution in [0.25, 0.3) is 0 Å². The van der Waals surface area contributed by atoms with Crippen LogP contribution in [0.15, 0.2) is 58.1 Å². The van der Waals surface area contributed by atoms with Gasteiger partial charge in [0.2, 0.25) is 0 Å². The fourth-order valence-electron chi connectivity index (χ4n) is 3.50. The van der Waals surface area contributed by atoms with Crippen LogP contribution in [0.1, 0.15) is 36.6 Å².